The van der Waals surface area contributed by atoms with E-state index >= 15 is 0 Å². The highest BCUT2D eigenvalue weighted by Crippen LogP contribution is 2.39. The summed E-state index contributed by atoms with van der Waals surface area (Å²) in [7, 11) is 0. The third-order valence-corrected chi connectivity index (χ3v) is 3.36. The number of carbonyl (C=O) groups excluding carboxylic acids is 1. The number of hydrogen-bond donors (Lipinski definition) is 3. The molecule has 0 radical (unpaired) electrons. The molecule has 4 nitrogen and oxygen atoms in total. The van der Waals surface area contributed by atoms with Gasteiger partial charge in [-0.1, -0.05) is 12.1 Å². The number of anilines is 1. The van der Waals surface area contributed by atoms with Gasteiger partial charge in [-0.2, -0.15) is 0 Å². The Morgan fingerprint density at radius 2 is 2.00 bits per heavy atom. The molecule has 4 N–H and O–H groups in total. The third kappa shape index (κ3) is 2.58. The molecule has 0 unspecified atom stereocenters. The second kappa shape index (κ2) is 4.37. The summed E-state index contributed by atoms with van der Waals surface area (Å²) in [5, 5.41) is 3.07. The number of amides is 1. The molecule has 1 aromatic carbocycles. The van der Waals surface area contributed by atoms with Crippen molar-refractivity contribution in [3.05, 3.63) is 29.8 Å². The Balaban J connectivity index is 2.14. The number of para-hydroxylation sites is 1. The van der Waals surface area contributed by atoms with Crippen LogP contribution in [0.25, 0.3) is 0 Å². The molecule has 1 aromatic rings. The number of nitrogens with two attached hydrogens (primary N) is 1. The molecule has 0 atom stereocenters. The van der Waals surface area contributed by atoms with Crippen LogP contribution in [0.15, 0.2) is 24.3 Å². The summed E-state index contributed by atoms with van der Waals surface area (Å²) in [4.78, 5) is 12.2. The Labute approximate surface area is 102 Å². The molecule has 0 bridgehead atoms. The number of hydrogen-bond acceptors (Lipinski definition) is 3. The maximum Gasteiger partial charge on any atom is 0.253 e. The molecule has 1 amide bonds. The highest BCUT2D eigenvalue weighted by atomic mass is 16.1. The van der Waals surface area contributed by atoms with E-state index in [-0.39, 0.29) is 11.4 Å². The van der Waals surface area contributed by atoms with Crippen molar-refractivity contribution >= 4 is 11.6 Å². The molecule has 0 saturated heterocycles. The SMILES string of the molecule is CC(C)(NC(=O)c1ccccc1NN)C1CC1. The van der Waals surface area contributed by atoms with Gasteiger partial charge in [-0.3, -0.25) is 10.6 Å². The molecule has 0 spiro atoms. The first-order chi connectivity index (χ1) is 8.04. The number of rotatable bonds is 4. The van der Waals surface area contributed by atoms with Crippen molar-refractivity contribution in [2.45, 2.75) is 32.2 Å². The van der Waals surface area contributed by atoms with E-state index in [9.17, 15) is 4.79 Å². The molecule has 0 heterocycles. The molecule has 0 aliphatic heterocycles. The van der Waals surface area contributed by atoms with Crippen LogP contribution < -0.4 is 16.6 Å². The van der Waals surface area contributed by atoms with Crippen LogP contribution in [0, 0.1) is 5.92 Å². The van der Waals surface area contributed by atoms with Gasteiger partial charge in [-0.05, 0) is 44.7 Å². The summed E-state index contributed by atoms with van der Waals surface area (Å²) in [6.07, 6.45) is 2.40. The Morgan fingerprint density at radius 1 is 1.35 bits per heavy atom. The predicted octanol–water partition coefficient (Wildman–Crippen LogP) is 1.89. The van der Waals surface area contributed by atoms with Gasteiger partial charge >= 0.3 is 0 Å². The van der Waals surface area contributed by atoms with E-state index < -0.39 is 0 Å². The highest BCUT2D eigenvalue weighted by Gasteiger charge is 2.39. The van der Waals surface area contributed by atoms with Crippen molar-refractivity contribution in [3.8, 4) is 0 Å². The van der Waals surface area contributed by atoms with E-state index in [0.29, 0.717) is 17.2 Å². The first-order valence-corrected chi connectivity index (χ1v) is 5.93. The molecule has 92 valence electrons. The summed E-state index contributed by atoms with van der Waals surface area (Å²) in [5.41, 5.74) is 3.64. The zero-order valence-electron chi connectivity index (χ0n) is 10.3. The van der Waals surface area contributed by atoms with Gasteiger partial charge in [0.25, 0.3) is 5.91 Å². The average molecular weight is 233 g/mol. The van der Waals surface area contributed by atoms with E-state index in [1.807, 2.05) is 12.1 Å². The first-order valence-electron chi connectivity index (χ1n) is 5.93. The second-order valence-corrected chi connectivity index (χ2v) is 5.14. The summed E-state index contributed by atoms with van der Waals surface area (Å²) < 4.78 is 0. The van der Waals surface area contributed by atoms with Crippen molar-refractivity contribution in [1.29, 1.82) is 0 Å². The Kier molecular flexibility index (Phi) is 3.07. The van der Waals surface area contributed by atoms with Crippen LogP contribution in [0.3, 0.4) is 0 Å². The average Bonchev–Trinajstić information content (AvgIpc) is 3.12. The highest BCUT2D eigenvalue weighted by molar-refractivity contribution is 5.99. The smallest absolute Gasteiger partial charge is 0.253 e. The molecule has 17 heavy (non-hydrogen) atoms. The largest absolute Gasteiger partial charge is 0.347 e. The fraction of sp³-hybridized carbons (Fsp3) is 0.462. The summed E-state index contributed by atoms with van der Waals surface area (Å²) >= 11 is 0. The van der Waals surface area contributed by atoms with Gasteiger partial charge in [0.2, 0.25) is 0 Å². The normalized spacial score (nSPS) is 15.5. The fourth-order valence-electron chi connectivity index (χ4n) is 2.07. The summed E-state index contributed by atoms with van der Waals surface area (Å²) in [6, 6.07) is 7.24. The molecular weight excluding hydrogens is 214 g/mol. The van der Waals surface area contributed by atoms with Crippen molar-refractivity contribution in [2.75, 3.05) is 5.43 Å². The van der Waals surface area contributed by atoms with Crippen LogP contribution >= 0.6 is 0 Å². The number of carbonyl (C=O) groups is 1. The predicted molar refractivity (Wildman–Crippen MR) is 68.5 cm³/mol. The summed E-state index contributed by atoms with van der Waals surface area (Å²) in [6.45, 7) is 4.14. The van der Waals surface area contributed by atoms with Crippen molar-refractivity contribution < 1.29 is 4.79 Å². The molecule has 1 aliphatic carbocycles. The quantitative estimate of drug-likeness (QED) is 0.549. The van der Waals surface area contributed by atoms with Gasteiger partial charge in [0, 0.05) is 5.54 Å². The topological polar surface area (TPSA) is 67.2 Å². The maximum atomic E-state index is 12.2. The molecule has 4 heteroatoms. The first kappa shape index (κ1) is 11.9. The molecule has 2 rings (SSSR count). The third-order valence-electron chi connectivity index (χ3n) is 3.36. The molecule has 1 saturated carbocycles. The van der Waals surface area contributed by atoms with E-state index in [2.05, 4.69) is 24.6 Å². The van der Waals surface area contributed by atoms with Crippen molar-refractivity contribution in [3.63, 3.8) is 0 Å². The van der Waals surface area contributed by atoms with Gasteiger partial charge < -0.3 is 10.7 Å². The Hall–Kier alpha value is -1.55. The standard InChI is InChI=1S/C13H19N3O/c1-13(2,9-7-8-9)15-12(17)10-5-3-4-6-11(10)16-14/h3-6,9,16H,7-8,14H2,1-2H3,(H,15,17). The van der Waals surface area contributed by atoms with Crippen LogP contribution in [0.5, 0.6) is 0 Å². The molecule has 1 fully saturated rings. The maximum absolute atomic E-state index is 12.2. The van der Waals surface area contributed by atoms with E-state index in [0.717, 1.165) is 0 Å². The number of nitrogens with one attached hydrogen (secondary N) is 2. The van der Waals surface area contributed by atoms with Gasteiger partial charge in [-0.25, -0.2) is 0 Å². The summed E-state index contributed by atoms with van der Waals surface area (Å²) in [5.74, 6) is 5.92. The monoisotopic (exact) mass is 233 g/mol. The zero-order valence-corrected chi connectivity index (χ0v) is 10.3. The van der Waals surface area contributed by atoms with Crippen molar-refractivity contribution in [2.24, 2.45) is 11.8 Å². The van der Waals surface area contributed by atoms with Gasteiger partial charge in [-0.15, -0.1) is 0 Å². The number of benzene rings is 1. The lowest BCUT2D eigenvalue weighted by atomic mass is 9.98. The van der Waals surface area contributed by atoms with E-state index in [1.165, 1.54) is 12.8 Å². The second-order valence-electron chi connectivity index (χ2n) is 5.14. The van der Waals surface area contributed by atoms with Gasteiger partial charge in [0.15, 0.2) is 0 Å². The Morgan fingerprint density at radius 3 is 2.59 bits per heavy atom. The van der Waals surface area contributed by atoms with E-state index in [4.69, 9.17) is 5.84 Å². The molecular formula is C13H19N3O. The minimum atomic E-state index is -0.140. The van der Waals surface area contributed by atoms with Crippen LogP contribution in [0.2, 0.25) is 0 Å². The molecule has 0 aromatic heterocycles. The Bertz CT molecular complexity index is 424. The van der Waals surface area contributed by atoms with Crippen molar-refractivity contribution in [1.82, 2.24) is 5.32 Å². The van der Waals surface area contributed by atoms with Crippen LogP contribution in [-0.4, -0.2) is 11.4 Å². The van der Waals surface area contributed by atoms with E-state index in [1.54, 1.807) is 12.1 Å². The fourth-order valence-corrected chi connectivity index (χ4v) is 2.07. The van der Waals surface area contributed by atoms with Gasteiger partial charge in [0.05, 0.1) is 11.3 Å². The number of nitrogen functional groups attached to an aromatic ring is 1. The van der Waals surface area contributed by atoms with Crippen LogP contribution in [-0.2, 0) is 0 Å². The minimum Gasteiger partial charge on any atom is -0.347 e. The molecule has 1 aliphatic rings. The lowest BCUT2D eigenvalue weighted by molar-refractivity contribution is 0.0904. The van der Waals surface area contributed by atoms with Crippen LogP contribution in [0.4, 0.5) is 5.69 Å². The lowest BCUT2D eigenvalue weighted by Gasteiger charge is -2.26. The zero-order chi connectivity index (χ0) is 12.5. The number of hydrazine groups is 1. The lowest BCUT2D eigenvalue weighted by Crippen LogP contribution is -2.45. The minimum absolute atomic E-state index is 0.0737. The van der Waals surface area contributed by atoms with Gasteiger partial charge in [0.1, 0.15) is 0 Å². The van der Waals surface area contributed by atoms with Crippen LogP contribution in [0.1, 0.15) is 37.0 Å².